The van der Waals surface area contributed by atoms with Gasteiger partial charge in [-0.2, -0.15) is 0 Å². The van der Waals surface area contributed by atoms with Crippen LogP contribution >= 0.6 is 0 Å². The standard InChI is InChI=1S/C18H19N7/c1-24(2)17-14-5-10-25(12-13(14)3-6-21-17)18-22-7-4-15(23-18)16-11-19-8-9-20-16/h3-4,6-9,11H,5,10,12H2,1-2H3. The maximum atomic E-state index is 4.68. The third-order valence-corrected chi connectivity index (χ3v) is 4.30. The third-order valence-electron chi connectivity index (χ3n) is 4.30. The minimum absolute atomic E-state index is 0.719. The molecule has 1 aliphatic rings. The van der Waals surface area contributed by atoms with E-state index in [0.717, 1.165) is 42.7 Å². The Labute approximate surface area is 146 Å². The van der Waals surface area contributed by atoms with Gasteiger partial charge in [-0.15, -0.1) is 0 Å². The van der Waals surface area contributed by atoms with Crippen molar-refractivity contribution in [2.45, 2.75) is 13.0 Å². The van der Waals surface area contributed by atoms with Gasteiger partial charge in [0, 0.05) is 57.5 Å². The first-order valence-corrected chi connectivity index (χ1v) is 8.21. The second kappa shape index (κ2) is 6.43. The van der Waals surface area contributed by atoms with Crippen molar-refractivity contribution in [1.82, 2.24) is 24.9 Å². The van der Waals surface area contributed by atoms with E-state index in [2.05, 4.69) is 40.8 Å². The van der Waals surface area contributed by atoms with Crippen LogP contribution in [0.4, 0.5) is 11.8 Å². The predicted octanol–water partition coefficient (Wildman–Crippen LogP) is 1.96. The molecule has 0 spiro atoms. The normalized spacial score (nSPS) is 13.4. The molecule has 0 saturated carbocycles. The SMILES string of the molecule is CN(C)c1nccc2c1CCN(c1nccc(-c3cnccn3)n1)C2. The summed E-state index contributed by atoms with van der Waals surface area (Å²) in [5.74, 6) is 1.77. The maximum absolute atomic E-state index is 4.68. The number of pyridine rings is 1. The number of hydrogen-bond donors (Lipinski definition) is 0. The highest BCUT2D eigenvalue weighted by atomic mass is 15.3. The van der Waals surface area contributed by atoms with E-state index >= 15 is 0 Å². The van der Waals surface area contributed by atoms with Crippen molar-refractivity contribution in [2.24, 2.45) is 0 Å². The molecule has 25 heavy (non-hydrogen) atoms. The van der Waals surface area contributed by atoms with E-state index in [1.54, 1.807) is 24.8 Å². The first-order valence-electron chi connectivity index (χ1n) is 8.21. The van der Waals surface area contributed by atoms with Gasteiger partial charge in [-0.05, 0) is 24.1 Å². The smallest absolute Gasteiger partial charge is 0.226 e. The van der Waals surface area contributed by atoms with Crippen LogP contribution in [-0.4, -0.2) is 45.6 Å². The zero-order chi connectivity index (χ0) is 17.2. The van der Waals surface area contributed by atoms with Crippen LogP contribution in [0.1, 0.15) is 11.1 Å². The van der Waals surface area contributed by atoms with Crippen LogP contribution in [0, 0.1) is 0 Å². The van der Waals surface area contributed by atoms with E-state index in [1.807, 2.05) is 26.4 Å². The summed E-state index contributed by atoms with van der Waals surface area (Å²) in [6, 6.07) is 3.94. The molecule has 0 radical (unpaired) electrons. The number of nitrogens with zero attached hydrogens (tertiary/aromatic N) is 7. The largest absolute Gasteiger partial charge is 0.363 e. The lowest BCUT2D eigenvalue weighted by atomic mass is 10.0. The molecule has 0 aliphatic carbocycles. The third kappa shape index (κ3) is 3.00. The second-order valence-electron chi connectivity index (χ2n) is 6.17. The summed E-state index contributed by atoms with van der Waals surface area (Å²) in [7, 11) is 4.06. The monoisotopic (exact) mass is 333 g/mol. The summed E-state index contributed by atoms with van der Waals surface area (Å²) >= 11 is 0. The van der Waals surface area contributed by atoms with Gasteiger partial charge in [-0.3, -0.25) is 9.97 Å². The van der Waals surface area contributed by atoms with Gasteiger partial charge in [0.05, 0.1) is 11.9 Å². The molecule has 0 amide bonds. The maximum Gasteiger partial charge on any atom is 0.226 e. The Morgan fingerprint density at radius 3 is 2.64 bits per heavy atom. The lowest BCUT2D eigenvalue weighted by Crippen LogP contribution is -2.33. The fraction of sp³-hybridized carbons (Fsp3) is 0.278. The van der Waals surface area contributed by atoms with E-state index in [-0.39, 0.29) is 0 Å². The lowest BCUT2D eigenvalue weighted by Gasteiger charge is -2.31. The van der Waals surface area contributed by atoms with Crippen molar-refractivity contribution in [1.29, 1.82) is 0 Å². The van der Waals surface area contributed by atoms with Crippen molar-refractivity contribution in [3.63, 3.8) is 0 Å². The highest BCUT2D eigenvalue weighted by Crippen LogP contribution is 2.28. The van der Waals surface area contributed by atoms with Gasteiger partial charge in [-0.1, -0.05) is 0 Å². The van der Waals surface area contributed by atoms with Crippen molar-refractivity contribution < 1.29 is 0 Å². The van der Waals surface area contributed by atoms with Gasteiger partial charge in [0.1, 0.15) is 11.5 Å². The van der Waals surface area contributed by atoms with Crippen molar-refractivity contribution >= 4 is 11.8 Å². The van der Waals surface area contributed by atoms with Crippen LogP contribution in [-0.2, 0) is 13.0 Å². The lowest BCUT2D eigenvalue weighted by molar-refractivity contribution is 0.703. The van der Waals surface area contributed by atoms with Gasteiger partial charge >= 0.3 is 0 Å². The number of aromatic nitrogens is 5. The Hall–Kier alpha value is -3.09. The van der Waals surface area contributed by atoms with Crippen molar-refractivity contribution in [3.05, 3.63) is 54.2 Å². The summed E-state index contributed by atoms with van der Waals surface area (Å²) in [5.41, 5.74) is 4.13. The Balaban J connectivity index is 1.63. The number of anilines is 2. The summed E-state index contributed by atoms with van der Waals surface area (Å²) in [6.45, 7) is 1.64. The number of rotatable bonds is 3. The van der Waals surface area contributed by atoms with E-state index in [9.17, 15) is 0 Å². The molecule has 3 aromatic heterocycles. The minimum Gasteiger partial charge on any atom is -0.363 e. The van der Waals surface area contributed by atoms with Crippen LogP contribution in [0.25, 0.3) is 11.4 Å². The summed E-state index contributed by atoms with van der Waals surface area (Å²) in [6.07, 6.45) is 9.61. The molecular formula is C18H19N7. The van der Waals surface area contributed by atoms with Crippen LogP contribution in [0.5, 0.6) is 0 Å². The van der Waals surface area contributed by atoms with Crippen molar-refractivity contribution in [2.75, 3.05) is 30.4 Å². The molecule has 7 heteroatoms. The van der Waals surface area contributed by atoms with E-state index in [1.165, 1.54) is 11.1 Å². The molecule has 3 aromatic rings. The topological polar surface area (TPSA) is 70.9 Å². The first kappa shape index (κ1) is 15.4. The van der Waals surface area contributed by atoms with E-state index in [0.29, 0.717) is 0 Å². The Bertz CT molecular complexity index is 880. The average Bonchev–Trinajstić information content (AvgIpc) is 2.68. The molecule has 0 saturated heterocycles. The molecule has 4 rings (SSSR count). The molecule has 0 N–H and O–H groups in total. The summed E-state index contributed by atoms with van der Waals surface area (Å²) < 4.78 is 0. The molecule has 0 fully saturated rings. The number of fused-ring (bicyclic) bond motifs is 1. The number of hydrogen-bond acceptors (Lipinski definition) is 7. The molecule has 126 valence electrons. The van der Waals surface area contributed by atoms with Crippen LogP contribution in [0.3, 0.4) is 0 Å². The van der Waals surface area contributed by atoms with Gasteiger partial charge in [0.2, 0.25) is 5.95 Å². The molecule has 0 unspecified atom stereocenters. The zero-order valence-corrected chi connectivity index (χ0v) is 14.3. The highest BCUT2D eigenvalue weighted by Gasteiger charge is 2.22. The van der Waals surface area contributed by atoms with E-state index < -0.39 is 0 Å². The summed E-state index contributed by atoms with van der Waals surface area (Å²) in [4.78, 5) is 26.3. The Morgan fingerprint density at radius 1 is 0.960 bits per heavy atom. The van der Waals surface area contributed by atoms with Crippen LogP contribution in [0.15, 0.2) is 43.1 Å². The van der Waals surface area contributed by atoms with Gasteiger partial charge in [0.25, 0.3) is 0 Å². The summed E-state index contributed by atoms with van der Waals surface area (Å²) in [5, 5.41) is 0. The Kier molecular flexibility index (Phi) is 3.97. The van der Waals surface area contributed by atoms with Crippen molar-refractivity contribution in [3.8, 4) is 11.4 Å². The van der Waals surface area contributed by atoms with Crippen LogP contribution < -0.4 is 9.80 Å². The molecule has 0 aromatic carbocycles. The second-order valence-corrected chi connectivity index (χ2v) is 6.17. The molecular weight excluding hydrogens is 314 g/mol. The average molecular weight is 333 g/mol. The molecule has 0 atom stereocenters. The van der Waals surface area contributed by atoms with Gasteiger partial charge in [0.15, 0.2) is 0 Å². The molecule has 4 heterocycles. The van der Waals surface area contributed by atoms with E-state index in [4.69, 9.17) is 0 Å². The molecule has 7 nitrogen and oxygen atoms in total. The van der Waals surface area contributed by atoms with Gasteiger partial charge < -0.3 is 9.80 Å². The fourth-order valence-corrected chi connectivity index (χ4v) is 3.10. The quantitative estimate of drug-likeness (QED) is 0.725. The zero-order valence-electron chi connectivity index (χ0n) is 14.3. The molecule has 1 aliphatic heterocycles. The molecule has 0 bridgehead atoms. The van der Waals surface area contributed by atoms with Crippen LogP contribution in [0.2, 0.25) is 0 Å². The fourth-order valence-electron chi connectivity index (χ4n) is 3.10. The highest BCUT2D eigenvalue weighted by molar-refractivity contribution is 5.56. The van der Waals surface area contributed by atoms with Gasteiger partial charge in [-0.25, -0.2) is 15.0 Å². The minimum atomic E-state index is 0.719. The first-order chi connectivity index (χ1) is 12.2. The predicted molar refractivity (Wildman–Crippen MR) is 96.4 cm³/mol. The Morgan fingerprint density at radius 2 is 1.84 bits per heavy atom.